The molecular formula is C8H15NO3S. The Labute approximate surface area is 78.6 Å². The molecule has 0 radical (unpaired) electrons. The number of rotatable bonds is 4. The van der Waals surface area contributed by atoms with E-state index in [1.165, 1.54) is 6.26 Å². The molecule has 1 saturated carbocycles. The highest BCUT2D eigenvalue weighted by molar-refractivity contribution is 7.90. The van der Waals surface area contributed by atoms with Crippen molar-refractivity contribution in [2.45, 2.75) is 25.8 Å². The fourth-order valence-electron chi connectivity index (χ4n) is 1.20. The predicted molar refractivity (Wildman–Crippen MR) is 50.0 cm³/mol. The molecule has 0 aliphatic heterocycles. The van der Waals surface area contributed by atoms with E-state index >= 15 is 0 Å². The topological polar surface area (TPSA) is 63.2 Å². The van der Waals surface area contributed by atoms with Gasteiger partial charge in [-0.2, -0.15) is 0 Å². The van der Waals surface area contributed by atoms with Gasteiger partial charge in [-0.15, -0.1) is 0 Å². The summed E-state index contributed by atoms with van der Waals surface area (Å²) < 4.78 is 21.7. The summed E-state index contributed by atoms with van der Waals surface area (Å²) in [4.78, 5) is 11.2. The third-order valence-corrected chi connectivity index (χ3v) is 3.00. The van der Waals surface area contributed by atoms with Crippen molar-refractivity contribution >= 4 is 15.7 Å². The van der Waals surface area contributed by atoms with Gasteiger partial charge in [-0.1, -0.05) is 0 Å². The quantitative estimate of drug-likeness (QED) is 0.699. The Kier molecular flexibility index (Phi) is 2.95. The Morgan fingerprint density at radius 3 is 2.46 bits per heavy atom. The van der Waals surface area contributed by atoms with Crippen molar-refractivity contribution < 1.29 is 13.2 Å². The lowest BCUT2D eigenvalue weighted by atomic mass is 10.3. The number of hydrogen-bond donors (Lipinski definition) is 1. The van der Waals surface area contributed by atoms with Crippen LogP contribution < -0.4 is 5.32 Å². The number of nitrogens with one attached hydrogen (secondary N) is 1. The summed E-state index contributed by atoms with van der Waals surface area (Å²) in [6, 6.07) is -0.275. The first-order valence-electron chi connectivity index (χ1n) is 4.36. The number of carbonyl (C=O) groups excluding carboxylic acids is 1. The molecule has 1 aliphatic rings. The highest BCUT2D eigenvalue weighted by Crippen LogP contribution is 2.28. The molecular weight excluding hydrogens is 190 g/mol. The zero-order valence-corrected chi connectivity index (χ0v) is 8.73. The third-order valence-electron chi connectivity index (χ3n) is 1.89. The first-order chi connectivity index (χ1) is 5.88. The molecule has 1 aliphatic carbocycles. The summed E-state index contributed by atoms with van der Waals surface area (Å²) >= 11 is 0. The van der Waals surface area contributed by atoms with Crippen LogP contribution in [0.25, 0.3) is 0 Å². The monoisotopic (exact) mass is 205 g/mol. The van der Waals surface area contributed by atoms with Gasteiger partial charge < -0.3 is 5.32 Å². The van der Waals surface area contributed by atoms with Gasteiger partial charge in [0, 0.05) is 18.2 Å². The lowest BCUT2D eigenvalue weighted by molar-refractivity contribution is -0.122. The Morgan fingerprint density at radius 1 is 1.54 bits per heavy atom. The molecule has 1 atom stereocenters. The van der Waals surface area contributed by atoms with Crippen LogP contribution in [0.5, 0.6) is 0 Å². The Hall–Kier alpha value is -0.580. The van der Waals surface area contributed by atoms with Crippen molar-refractivity contribution in [2.24, 2.45) is 5.92 Å². The maximum Gasteiger partial charge on any atom is 0.223 e. The van der Waals surface area contributed by atoms with Crippen LogP contribution in [-0.2, 0) is 14.6 Å². The molecule has 5 heteroatoms. The summed E-state index contributed by atoms with van der Waals surface area (Å²) in [6.45, 7) is 1.71. The van der Waals surface area contributed by atoms with Crippen LogP contribution in [0.4, 0.5) is 0 Å². The van der Waals surface area contributed by atoms with Gasteiger partial charge in [0.15, 0.2) is 0 Å². The summed E-state index contributed by atoms with van der Waals surface area (Å²) in [6.07, 6.45) is 3.06. The molecule has 0 saturated heterocycles. The minimum Gasteiger partial charge on any atom is -0.352 e. The van der Waals surface area contributed by atoms with Gasteiger partial charge in [-0.05, 0) is 19.8 Å². The van der Waals surface area contributed by atoms with Crippen LogP contribution in [0.1, 0.15) is 19.8 Å². The van der Waals surface area contributed by atoms with Gasteiger partial charge in [-0.3, -0.25) is 4.79 Å². The van der Waals surface area contributed by atoms with Crippen molar-refractivity contribution in [1.82, 2.24) is 5.32 Å². The highest BCUT2D eigenvalue weighted by Gasteiger charge is 2.30. The zero-order valence-electron chi connectivity index (χ0n) is 7.91. The third kappa shape index (κ3) is 4.26. The van der Waals surface area contributed by atoms with Gasteiger partial charge >= 0.3 is 0 Å². The lowest BCUT2D eigenvalue weighted by Gasteiger charge is -2.11. The van der Waals surface area contributed by atoms with E-state index in [9.17, 15) is 13.2 Å². The van der Waals surface area contributed by atoms with Crippen LogP contribution in [0, 0.1) is 5.92 Å². The molecule has 1 N–H and O–H groups in total. The number of hydrogen-bond acceptors (Lipinski definition) is 3. The maximum atomic E-state index is 11.2. The zero-order chi connectivity index (χ0) is 10.1. The van der Waals surface area contributed by atoms with E-state index in [2.05, 4.69) is 5.32 Å². The molecule has 0 aromatic rings. The van der Waals surface area contributed by atoms with Crippen molar-refractivity contribution in [3.8, 4) is 0 Å². The van der Waals surface area contributed by atoms with E-state index in [0.29, 0.717) is 0 Å². The smallest absolute Gasteiger partial charge is 0.223 e. The second kappa shape index (κ2) is 3.65. The first kappa shape index (κ1) is 10.5. The van der Waals surface area contributed by atoms with Crippen molar-refractivity contribution in [1.29, 1.82) is 0 Å². The average molecular weight is 205 g/mol. The Morgan fingerprint density at radius 2 is 2.08 bits per heavy atom. The van der Waals surface area contributed by atoms with E-state index in [1.54, 1.807) is 6.92 Å². The van der Waals surface area contributed by atoms with Crippen LogP contribution >= 0.6 is 0 Å². The van der Waals surface area contributed by atoms with Crippen LogP contribution in [0.15, 0.2) is 0 Å². The molecule has 0 bridgehead atoms. The summed E-state index contributed by atoms with van der Waals surface area (Å²) in [5.74, 6) is 0.156. The van der Waals surface area contributed by atoms with E-state index < -0.39 is 9.84 Å². The SMILES string of the molecule is CC(CS(C)(=O)=O)NC(=O)C1CC1. The molecule has 0 heterocycles. The lowest BCUT2D eigenvalue weighted by Crippen LogP contribution is -2.38. The average Bonchev–Trinajstić information content (AvgIpc) is 2.60. The Balaban J connectivity index is 2.32. The molecule has 4 nitrogen and oxygen atoms in total. The normalized spacial score (nSPS) is 19.5. The molecule has 0 spiro atoms. The van der Waals surface area contributed by atoms with E-state index in [0.717, 1.165) is 12.8 Å². The van der Waals surface area contributed by atoms with Gasteiger partial charge in [-0.25, -0.2) is 8.42 Å². The minimum absolute atomic E-state index is 0.00356. The van der Waals surface area contributed by atoms with E-state index in [-0.39, 0.29) is 23.6 Å². The molecule has 0 aromatic heterocycles. The fraction of sp³-hybridized carbons (Fsp3) is 0.875. The molecule has 13 heavy (non-hydrogen) atoms. The largest absolute Gasteiger partial charge is 0.352 e. The second-order valence-electron chi connectivity index (χ2n) is 3.78. The molecule has 76 valence electrons. The Bertz CT molecular complexity index is 293. The van der Waals surface area contributed by atoms with Crippen molar-refractivity contribution in [2.75, 3.05) is 12.0 Å². The molecule has 1 rings (SSSR count). The molecule has 1 fully saturated rings. The molecule has 0 aromatic carbocycles. The van der Waals surface area contributed by atoms with Crippen molar-refractivity contribution in [3.63, 3.8) is 0 Å². The van der Waals surface area contributed by atoms with E-state index in [4.69, 9.17) is 0 Å². The molecule has 1 amide bonds. The van der Waals surface area contributed by atoms with Gasteiger partial charge in [0.2, 0.25) is 5.91 Å². The van der Waals surface area contributed by atoms with Crippen LogP contribution in [0.2, 0.25) is 0 Å². The van der Waals surface area contributed by atoms with Crippen LogP contribution in [0.3, 0.4) is 0 Å². The number of amides is 1. The summed E-state index contributed by atoms with van der Waals surface area (Å²) in [7, 11) is -2.99. The standard InChI is InChI=1S/C8H15NO3S/c1-6(5-13(2,11)12)9-8(10)7-3-4-7/h6-7H,3-5H2,1-2H3,(H,9,10). The predicted octanol–water partition coefficient (Wildman–Crippen LogP) is -0.0543. The maximum absolute atomic E-state index is 11.2. The number of sulfone groups is 1. The van der Waals surface area contributed by atoms with E-state index in [1.807, 2.05) is 0 Å². The summed E-state index contributed by atoms with van der Waals surface area (Å²) in [5.41, 5.74) is 0. The fourth-order valence-corrected chi connectivity index (χ4v) is 2.19. The highest BCUT2D eigenvalue weighted by atomic mass is 32.2. The second-order valence-corrected chi connectivity index (χ2v) is 5.96. The van der Waals surface area contributed by atoms with Gasteiger partial charge in [0.25, 0.3) is 0 Å². The van der Waals surface area contributed by atoms with Gasteiger partial charge in [0.1, 0.15) is 9.84 Å². The van der Waals surface area contributed by atoms with Crippen molar-refractivity contribution in [3.05, 3.63) is 0 Å². The van der Waals surface area contributed by atoms with Crippen LogP contribution in [-0.4, -0.2) is 32.4 Å². The minimum atomic E-state index is -2.99. The van der Waals surface area contributed by atoms with Gasteiger partial charge in [0.05, 0.1) is 5.75 Å². The number of carbonyl (C=O) groups is 1. The summed E-state index contributed by atoms with van der Waals surface area (Å²) in [5, 5.41) is 2.68. The first-order valence-corrected chi connectivity index (χ1v) is 6.42. The molecule has 1 unspecified atom stereocenters.